The first-order chi connectivity index (χ1) is 8.20. The van der Waals surface area contributed by atoms with Gasteiger partial charge in [-0.3, -0.25) is 0 Å². The molecule has 0 aromatic heterocycles. The number of nitrogens with two attached hydrogens (primary N) is 1. The summed E-state index contributed by atoms with van der Waals surface area (Å²) in [5.41, 5.74) is 11.3. The molecule has 0 amide bonds. The van der Waals surface area contributed by atoms with E-state index in [1.54, 1.807) is 5.54 Å². The quantitative estimate of drug-likeness (QED) is 0.892. The first kappa shape index (κ1) is 12.5. The zero-order chi connectivity index (χ0) is 12.3. The van der Waals surface area contributed by atoms with Crippen LogP contribution in [0.5, 0.6) is 5.75 Å². The smallest absolute Gasteiger partial charge is 0.120 e. The highest BCUT2D eigenvalue weighted by Crippen LogP contribution is 2.30. The van der Waals surface area contributed by atoms with Crippen LogP contribution in [0.15, 0.2) is 29.3 Å². The van der Waals surface area contributed by atoms with Crippen LogP contribution in [0.2, 0.25) is 0 Å². The fraction of sp³-hybridized carbons (Fsp3) is 0.429. The van der Waals surface area contributed by atoms with Gasteiger partial charge in [0.25, 0.3) is 0 Å². The topological polar surface area (TPSA) is 35.2 Å². The Kier molecular flexibility index (Phi) is 4.08. The second kappa shape index (κ2) is 5.56. The van der Waals surface area contributed by atoms with Crippen molar-refractivity contribution in [3.05, 3.63) is 40.4 Å². The van der Waals surface area contributed by atoms with E-state index >= 15 is 0 Å². The molecular weight excluding hydrogens is 234 g/mol. The number of hydrogen-bond donors (Lipinski definition) is 1. The van der Waals surface area contributed by atoms with Crippen molar-refractivity contribution in [3.8, 4) is 5.75 Å². The largest absolute Gasteiger partial charge is 0.489 e. The summed E-state index contributed by atoms with van der Waals surface area (Å²) in [4.78, 5) is 0. The average molecular weight is 252 g/mol. The monoisotopic (exact) mass is 251 g/mol. The lowest BCUT2D eigenvalue weighted by Crippen LogP contribution is -2.17. The van der Waals surface area contributed by atoms with Gasteiger partial charge in [0.2, 0.25) is 0 Å². The summed E-state index contributed by atoms with van der Waals surface area (Å²) in [6, 6.07) is 6.37. The molecular formula is C14H18ClNO. The van der Waals surface area contributed by atoms with Crippen LogP contribution in [-0.2, 0) is 6.42 Å². The van der Waals surface area contributed by atoms with Crippen LogP contribution in [-0.4, -0.2) is 6.61 Å². The van der Waals surface area contributed by atoms with E-state index in [9.17, 15) is 0 Å². The zero-order valence-corrected chi connectivity index (χ0v) is 10.8. The van der Waals surface area contributed by atoms with Crippen LogP contribution < -0.4 is 10.5 Å². The molecule has 1 unspecified atom stereocenters. The normalized spacial score (nSPS) is 19.9. The number of benzene rings is 1. The maximum atomic E-state index is 6.11. The Bertz CT molecular complexity index is 428. The molecule has 1 atom stereocenters. The van der Waals surface area contributed by atoms with E-state index in [2.05, 4.69) is 12.1 Å². The number of fused-ring (bicyclic) bond motifs is 1. The van der Waals surface area contributed by atoms with Crippen molar-refractivity contribution < 1.29 is 4.74 Å². The van der Waals surface area contributed by atoms with Gasteiger partial charge >= 0.3 is 0 Å². The van der Waals surface area contributed by atoms with E-state index in [0.717, 1.165) is 24.2 Å². The van der Waals surface area contributed by atoms with E-state index in [4.69, 9.17) is 22.1 Å². The average Bonchev–Trinajstić information content (AvgIpc) is 2.36. The first-order valence-electron chi connectivity index (χ1n) is 5.98. The Morgan fingerprint density at radius 2 is 2.41 bits per heavy atom. The Hall–Kier alpha value is -0.990. The standard InChI is InChI=1S/C14H18ClNO/c1-10(8-15)9-17-12-6-5-11-3-2-4-14(16)13(11)7-12/h5-8,14H,2-4,9,16H2,1H3/b10-8-. The maximum Gasteiger partial charge on any atom is 0.120 e. The molecule has 0 saturated carbocycles. The summed E-state index contributed by atoms with van der Waals surface area (Å²) >= 11 is 5.59. The van der Waals surface area contributed by atoms with Crippen LogP contribution in [0.4, 0.5) is 0 Å². The summed E-state index contributed by atoms with van der Waals surface area (Å²) in [5, 5.41) is 0. The highest BCUT2D eigenvalue weighted by Gasteiger charge is 2.17. The van der Waals surface area contributed by atoms with Crippen molar-refractivity contribution in [2.24, 2.45) is 5.73 Å². The van der Waals surface area contributed by atoms with Crippen molar-refractivity contribution in [2.45, 2.75) is 32.2 Å². The Morgan fingerprint density at radius 3 is 3.18 bits per heavy atom. The summed E-state index contributed by atoms with van der Waals surface area (Å²) in [7, 11) is 0. The molecule has 0 saturated heterocycles. The predicted octanol–water partition coefficient (Wildman–Crippen LogP) is 3.54. The highest BCUT2D eigenvalue weighted by atomic mass is 35.5. The SMILES string of the molecule is C/C(=C/Cl)COc1ccc2c(c1)C(N)CCC2. The number of hydrogen-bond acceptors (Lipinski definition) is 2. The number of halogens is 1. The molecule has 0 fully saturated rings. The van der Waals surface area contributed by atoms with Gasteiger partial charge in [-0.1, -0.05) is 17.7 Å². The molecule has 0 heterocycles. The lowest BCUT2D eigenvalue weighted by atomic mass is 9.88. The molecule has 1 aliphatic carbocycles. The highest BCUT2D eigenvalue weighted by molar-refractivity contribution is 6.25. The van der Waals surface area contributed by atoms with Crippen molar-refractivity contribution in [1.29, 1.82) is 0 Å². The minimum Gasteiger partial charge on any atom is -0.489 e. The Balaban J connectivity index is 2.12. The van der Waals surface area contributed by atoms with E-state index in [1.165, 1.54) is 17.5 Å². The van der Waals surface area contributed by atoms with Gasteiger partial charge < -0.3 is 10.5 Å². The first-order valence-corrected chi connectivity index (χ1v) is 6.41. The van der Waals surface area contributed by atoms with Crippen molar-refractivity contribution >= 4 is 11.6 Å². The van der Waals surface area contributed by atoms with Gasteiger partial charge in [0.05, 0.1) is 0 Å². The molecule has 0 spiro atoms. The van der Waals surface area contributed by atoms with Crippen LogP contribution in [0.25, 0.3) is 0 Å². The Morgan fingerprint density at radius 1 is 1.59 bits per heavy atom. The molecule has 3 heteroatoms. The summed E-state index contributed by atoms with van der Waals surface area (Å²) < 4.78 is 5.66. The van der Waals surface area contributed by atoms with Gasteiger partial charge in [-0.2, -0.15) is 0 Å². The lowest BCUT2D eigenvalue weighted by Gasteiger charge is -2.22. The van der Waals surface area contributed by atoms with E-state index in [1.807, 2.05) is 13.0 Å². The van der Waals surface area contributed by atoms with Gasteiger partial charge in [-0.25, -0.2) is 0 Å². The lowest BCUT2D eigenvalue weighted by molar-refractivity contribution is 0.351. The minimum atomic E-state index is 0.159. The van der Waals surface area contributed by atoms with Gasteiger partial charge in [0.1, 0.15) is 12.4 Å². The molecule has 17 heavy (non-hydrogen) atoms. The van der Waals surface area contributed by atoms with Crippen LogP contribution in [0.1, 0.15) is 36.9 Å². The molecule has 0 radical (unpaired) electrons. The zero-order valence-electron chi connectivity index (χ0n) is 10.1. The van der Waals surface area contributed by atoms with Crippen LogP contribution in [0.3, 0.4) is 0 Å². The van der Waals surface area contributed by atoms with Crippen molar-refractivity contribution in [2.75, 3.05) is 6.61 Å². The molecule has 1 aromatic carbocycles. The second-order valence-electron chi connectivity index (χ2n) is 4.60. The molecule has 0 aliphatic heterocycles. The number of ether oxygens (including phenoxy) is 1. The maximum absolute atomic E-state index is 6.11. The second-order valence-corrected chi connectivity index (χ2v) is 4.82. The van der Waals surface area contributed by atoms with E-state index < -0.39 is 0 Å². The summed E-state index contributed by atoms with van der Waals surface area (Å²) in [5.74, 6) is 0.874. The molecule has 92 valence electrons. The summed E-state index contributed by atoms with van der Waals surface area (Å²) in [6.45, 7) is 2.47. The van der Waals surface area contributed by atoms with Crippen molar-refractivity contribution in [3.63, 3.8) is 0 Å². The molecule has 0 bridgehead atoms. The molecule has 2 rings (SSSR count). The van der Waals surface area contributed by atoms with Gasteiger partial charge in [-0.15, -0.1) is 0 Å². The van der Waals surface area contributed by atoms with Gasteiger partial charge in [-0.05, 0) is 55.0 Å². The third-order valence-corrected chi connectivity index (χ3v) is 3.50. The van der Waals surface area contributed by atoms with E-state index in [-0.39, 0.29) is 6.04 Å². The fourth-order valence-electron chi connectivity index (χ4n) is 2.13. The van der Waals surface area contributed by atoms with Crippen LogP contribution in [0, 0.1) is 0 Å². The Labute approximate surface area is 107 Å². The number of rotatable bonds is 3. The van der Waals surface area contributed by atoms with Crippen molar-refractivity contribution in [1.82, 2.24) is 0 Å². The molecule has 1 aromatic rings. The van der Waals surface area contributed by atoms with Gasteiger partial charge in [0.15, 0.2) is 0 Å². The van der Waals surface area contributed by atoms with Crippen LogP contribution >= 0.6 is 11.6 Å². The fourth-order valence-corrected chi connectivity index (χ4v) is 2.20. The minimum absolute atomic E-state index is 0.159. The molecule has 1 aliphatic rings. The van der Waals surface area contributed by atoms with E-state index in [0.29, 0.717) is 6.61 Å². The third-order valence-electron chi connectivity index (χ3n) is 3.13. The summed E-state index contributed by atoms with van der Waals surface area (Å²) in [6.07, 6.45) is 3.38. The number of aryl methyl sites for hydroxylation is 1. The predicted molar refractivity (Wildman–Crippen MR) is 71.4 cm³/mol. The molecule has 2 nitrogen and oxygen atoms in total. The molecule has 2 N–H and O–H groups in total. The third kappa shape index (κ3) is 3.02. The van der Waals surface area contributed by atoms with Gasteiger partial charge in [0, 0.05) is 11.6 Å².